The third-order valence-electron chi connectivity index (χ3n) is 11.9. The summed E-state index contributed by atoms with van der Waals surface area (Å²) in [5.74, 6) is 5.17. The molecule has 75 heavy (non-hydrogen) atoms. The summed E-state index contributed by atoms with van der Waals surface area (Å²) in [5.41, 5.74) is 4.07. The van der Waals surface area contributed by atoms with Crippen molar-refractivity contribution in [3.63, 3.8) is 0 Å². The van der Waals surface area contributed by atoms with Gasteiger partial charge in [-0.05, 0) is 58.0 Å². The Balaban J connectivity index is 0.000000150. The summed E-state index contributed by atoms with van der Waals surface area (Å²) in [7, 11) is -5.02. The molecular formula is C49H67N17O6S3. The monoisotopic (exact) mass is 1090 g/mol. The molecule has 7 aromatic heterocycles. The molecule has 0 unspecified atom stereocenters. The number of aromatic amines is 1. The molecule has 10 rings (SSSR count). The number of morpholine rings is 3. The van der Waals surface area contributed by atoms with Gasteiger partial charge in [0, 0.05) is 130 Å². The van der Waals surface area contributed by atoms with Crippen molar-refractivity contribution in [1.29, 1.82) is 0 Å². The van der Waals surface area contributed by atoms with Crippen LogP contribution in [0.4, 0.5) is 34.9 Å². The van der Waals surface area contributed by atoms with Crippen molar-refractivity contribution in [2.45, 2.75) is 45.8 Å². The van der Waals surface area contributed by atoms with Gasteiger partial charge in [-0.15, -0.1) is 0 Å². The quantitative estimate of drug-likeness (QED) is 0.169. The van der Waals surface area contributed by atoms with Crippen molar-refractivity contribution in [1.82, 2.24) is 54.1 Å². The largest absolute Gasteiger partial charge is 0.377 e. The molecule has 0 spiro atoms. The van der Waals surface area contributed by atoms with Crippen molar-refractivity contribution in [2.75, 3.05) is 112 Å². The number of nitrogens with zero attached hydrogens (tertiary/aromatic N) is 16. The van der Waals surface area contributed by atoms with Crippen LogP contribution in [0.15, 0.2) is 86.3 Å². The van der Waals surface area contributed by atoms with E-state index in [4.69, 9.17) is 24.2 Å². The average Bonchev–Trinajstić information content (AvgIpc) is 4.11. The Labute approximate surface area is 439 Å². The second-order valence-electron chi connectivity index (χ2n) is 19.3. The molecule has 0 amide bonds. The maximum atomic E-state index is 12.3. The fourth-order valence-corrected chi connectivity index (χ4v) is 10.2. The van der Waals surface area contributed by atoms with Crippen molar-refractivity contribution < 1.29 is 26.8 Å². The van der Waals surface area contributed by atoms with E-state index in [1.807, 2.05) is 65.7 Å². The number of rotatable bonds is 9. The SMILES string of the molecule is C[C@@H]1COCCN1c1cc(N=S(C)(C)=O)nc(-c2cccn2C)n1.C[C@@H]1COCCN1c1cc(N=S(C)(C)=O)nc(-c2ccn[nH]2)n1.Cc1nc2ccccn2c1-c1nc(N=S(C)(C)=O)cc(N2CCOC[C@H]2C)n1. The highest BCUT2D eigenvalue weighted by molar-refractivity contribution is 7.92. The summed E-state index contributed by atoms with van der Waals surface area (Å²) in [4.78, 5) is 38.8. The highest BCUT2D eigenvalue weighted by Gasteiger charge is 2.26. The highest BCUT2D eigenvalue weighted by Crippen LogP contribution is 2.31. The zero-order valence-electron chi connectivity index (χ0n) is 44.4. The van der Waals surface area contributed by atoms with Crippen LogP contribution in [0.3, 0.4) is 0 Å². The molecule has 0 aromatic carbocycles. The molecule has 3 aliphatic rings. The Morgan fingerprint density at radius 2 is 1.04 bits per heavy atom. The molecule has 26 heteroatoms. The molecular weight excluding hydrogens is 1020 g/mol. The van der Waals surface area contributed by atoms with E-state index in [1.165, 1.54) is 0 Å². The number of aryl methyl sites for hydroxylation is 2. The molecule has 0 radical (unpaired) electrons. The predicted octanol–water partition coefficient (Wildman–Crippen LogP) is 6.20. The van der Waals surface area contributed by atoms with Gasteiger partial charge in [-0.2, -0.15) is 18.2 Å². The van der Waals surface area contributed by atoms with Crippen molar-refractivity contribution in [2.24, 2.45) is 20.1 Å². The minimum Gasteiger partial charge on any atom is -0.377 e. The summed E-state index contributed by atoms with van der Waals surface area (Å²) < 4.78 is 69.8. The normalized spacial score (nSPS) is 18.4. The maximum Gasteiger partial charge on any atom is 0.182 e. The number of anilines is 3. The summed E-state index contributed by atoms with van der Waals surface area (Å²) >= 11 is 0. The van der Waals surface area contributed by atoms with Crippen LogP contribution in [-0.2, 0) is 50.4 Å². The second kappa shape index (κ2) is 23.2. The van der Waals surface area contributed by atoms with E-state index in [0.29, 0.717) is 80.3 Å². The first-order chi connectivity index (χ1) is 35.6. The van der Waals surface area contributed by atoms with Gasteiger partial charge in [0.05, 0.1) is 69.2 Å². The van der Waals surface area contributed by atoms with E-state index in [-0.39, 0.29) is 18.1 Å². The predicted molar refractivity (Wildman–Crippen MR) is 296 cm³/mol. The lowest BCUT2D eigenvalue weighted by Gasteiger charge is -2.34. The molecule has 0 saturated carbocycles. The van der Waals surface area contributed by atoms with Crippen LogP contribution in [0.2, 0.25) is 0 Å². The number of imidazole rings is 1. The maximum absolute atomic E-state index is 12.3. The van der Waals surface area contributed by atoms with Crippen LogP contribution in [-0.4, -0.2) is 182 Å². The van der Waals surface area contributed by atoms with Crippen LogP contribution in [0, 0.1) is 6.92 Å². The topological polar surface area (TPSA) is 254 Å². The standard InChI is InChI=1S/C19H24N6O2S.C16H23N5O2S.C14H20N6O2S/c1-13-12-27-10-9-24(13)17-11-15(23-28(3,4)26)21-19(22-17)18-14(2)20-16-7-5-6-8-25(16)18;1-12-11-23-9-8-21(12)15-10-14(19-24(3,4)22)17-16(18-15)13-6-5-7-20(13)2;1-10-9-22-7-6-20(10)13-8-12(19-23(2,3)21)16-14(17-13)11-4-5-15-18-11/h5-8,11,13H,9-10,12H2,1-4H3;5-7,10,12H,8-9,11H2,1-4H3;4-5,8,10H,6-7,9H2,1-3H3,(H,15,18)/t13-;12-;10-/m111/s1. The van der Waals surface area contributed by atoms with E-state index in [0.717, 1.165) is 59.8 Å². The highest BCUT2D eigenvalue weighted by atomic mass is 32.2. The molecule has 7 aromatic rings. The minimum atomic E-state index is -2.36. The number of aromatic nitrogens is 11. The molecule has 3 atom stereocenters. The van der Waals surface area contributed by atoms with Gasteiger partial charge < -0.3 is 33.5 Å². The van der Waals surface area contributed by atoms with Gasteiger partial charge in [0.2, 0.25) is 0 Å². The second-order valence-corrected chi connectivity index (χ2v) is 27.0. The Morgan fingerprint density at radius 1 is 0.573 bits per heavy atom. The molecule has 3 saturated heterocycles. The average molecular weight is 1090 g/mol. The number of nitrogens with one attached hydrogen (secondary N) is 1. The van der Waals surface area contributed by atoms with Crippen LogP contribution in [0.1, 0.15) is 26.5 Å². The van der Waals surface area contributed by atoms with Crippen molar-refractivity contribution in [3.05, 3.63) is 78.9 Å². The lowest BCUT2D eigenvalue weighted by molar-refractivity contribution is 0.0985. The van der Waals surface area contributed by atoms with Crippen LogP contribution < -0.4 is 14.7 Å². The number of fused-ring (bicyclic) bond motifs is 1. The lowest BCUT2D eigenvalue weighted by Crippen LogP contribution is -2.44. The first-order valence-electron chi connectivity index (χ1n) is 24.3. The van der Waals surface area contributed by atoms with Crippen LogP contribution >= 0.6 is 0 Å². The van der Waals surface area contributed by atoms with Gasteiger partial charge in [0.15, 0.2) is 34.9 Å². The smallest absolute Gasteiger partial charge is 0.182 e. The van der Waals surface area contributed by atoms with Gasteiger partial charge in [0.1, 0.15) is 34.5 Å². The summed E-state index contributed by atoms with van der Waals surface area (Å²) in [6, 6.07) is 17.5. The molecule has 10 heterocycles. The van der Waals surface area contributed by atoms with Gasteiger partial charge in [0.25, 0.3) is 0 Å². The van der Waals surface area contributed by atoms with Gasteiger partial charge in [-0.25, -0.2) is 47.5 Å². The first kappa shape index (κ1) is 54.8. The molecule has 3 aliphatic heterocycles. The van der Waals surface area contributed by atoms with Gasteiger partial charge >= 0.3 is 0 Å². The Hall–Kier alpha value is -6.45. The van der Waals surface area contributed by atoms with E-state index in [2.05, 4.69) is 83.7 Å². The van der Waals surface area contributed by atoms with Crippen molar-refractivity contribution in [3.8, 4) is 34.6 Å². The molecule has 23 nitrogen and oxygen atoms in total. The van der Waals surface area contributed by atoms with Gasteiger partial charge in [-0.1, -0.05) is 6.07 Å². The summed E-state index contributed by atoms with van der Waals surface area (Å²) in [6.45, 7) is 14.4. The van der Waals surface area contributed by atoms with E-state index >= 15 is 0 Å². The molecule has 1 N–H and O–H groups in total. The Kier molecular flexibility index (Phi) is 17.0. The number of H-pyrrole nitrogens is 1. The van der Waals surface area contributed by atoms with E-state index < -0.39 is 29.2 Å². The minimum absolute atomic E-state index is 0.181. The van der Waals surface area contributed by atoms with Gasteiger partial charge in [-0.3, -0.25) is 9.50 Å². The zero-order chi connectivity index (χ0) is 53.7. The summed E-state index contributed by atoms with van der Waals surface area (Å²) in [6.07, 6.45) is 15.1. The summed E-state index contributed by atoms with van der Waals surface area (Å²) in [5, 5.41) is 6.79. The van der Waals surface area contributed by atoms with Crippen molar-refractivity contribution >= 4 is 69.7 Å². The van der Waals surface area contributed by atoms with Crippen LogP contribution in [0.25, 0.3) is 40.2 Å². The van der Waals surface area contributed by atoms with E-state index in [9.17, 15) is 12.6 Å². The molecule has 0 bridgehead atoms. The van der Waals surface area contributed by atoms with Crippen LogP contribution in [0.5, 0.6) is 0 Å². The number of hydrogen-bond donors (Lipinski definition) is 1. The lowest BCUT2D eigenvalue weighted by atomic mass is 10.2. The zero-order valence-corrected chi connectivity index (χ0v) is 46.8. The number of ether oxygens (including phenoxy) is 3. The fraction of sp³-hybridized carbons (Fsp3) is 0.469. The molecule has 3 fully saturated rings. The third-order valence-corrected chi connectivity index (χ3v) is 13.7. The molecule has 0 aliphatic carbocycles. The third kappa shape index (κ3) is 14.5. The fourth-order valence-electron chi connectivity index (χ4n) is 8.52. The van der Waals surface area contributed by atoms with E-state index in [1.54, 1.807) is 68.0 Å². The Bertz CT molecular complexity index is 3500. The molecule has 402 valence electrons. The number of hydrogen-bond acceptors (Lipinski definition) is 20. The first-order valence-corrected chi connectivity index (χ1v) is 31.3. The number of pyridine rings is 1. The Morgan fingerprint density at radius 3 is 1.48 bits per heavy atom.